The van der Waals surface area contributed by atoms with Gasteiger partial charge < -0.3 is 4.42 Å². The minimum atomic E-state index is -0.152. The van der Waals surface area contributed by atoms with Crippen LogP contribution in [0, 0.1) is 0 Å². The summed E-state index contributed by atoms with van der Waals surface area (Å²) in [6, 6.07) is 53.8. The van der Waals surface area contributed by atoms with E-state index in [1.165, 1.54) is 44.5 Å². The molecule has 7 aromatic carbocycles. The number of aromatic nitrogens is 3. The summed E-state index contributed by atoms with van der Waals surface area (Å²) in [5.74, 6) is 1.92. The lowest BCUT2D eigenvalue weighted by Gasteiger charge is -2.21. The first-order valence-corrected chi connectivity index (χ1v) is 19.0. The van der Waals surface area contributed by atoms with Gasteiger partial charge in [0.1, 0.15) is 11.2 Å². The SMILES string of the molecule is CC1(C)c2ccccc2-c2c(-c3nc(-c4ccc5c(c4)oc4cccc(-c6ccccc6)c45)nc(-c4cccc5c4-c4ccccc4C5(C)C)n3)cccc21. The molecular weight excluding hydrogens is 671 g/mol. The minimum absolute atomic E-state index is 0.152. The number of hydrogen-bond donors (Lipinski definition) is 0. The lowest BCUT2D eigenvalue weighted by Crippen LogP contribution is -2.15. The fourth-order valence-corrected chi connectivity index (χ4v) is 9.45. The molecule has 2 heterocycles. The molecule has 0 amide bonds. The summed E-state index contributed by atoms with van der Waals surface area (Å²) in [6.45, 7) is 9.24. The van der Waals surface area contributed by atoms with E-state index in [0.29, 0.717) is 17.5 Å². The molecule has 2 aliphatic rings. The zero-order valence-corrected chi connectivity index (χ0v) is 31.2. The number of fused-ring (bicyclic) bond motifs is 9. The minimum Gasteiger partial charge on any atom is -0.456 e. The fourth-order valence-electron chi connectivity index (χ4n) is 9.45. The van der Waals surface area contributed by atoms with Crippen LogP contribution in [0.15, 0.2) is 156 Å². The normalized spacial score (nSPS) is 14.5. The van der Waals surface area contributed by atoms with Crippen molar-refractivity contribution in [2.75, 3.05) is 0 Å². The van der Waals surface area contributed by atoms with Crippen molar-refractivity contribution in [3.05, 3.63) is 174 Å². The van der Waals surface area contributed by atoms with Crippen molar-refractivity contribution in [2.24, 2.45) is 0 Å². The number of furan rings is 1. The molecule has 9 aromatic rings. The predicted molar refractivity (Wildman–Crippen MR) is 224 cm³/mol. The second kappa shape index (κ2) is 11.4. The second-order valence-corrected chi connectivity index (χ2v) is 16.0. The van der Waals surface area contributed by atoms with Crippen molar-refractivity contribution < 1.29 is 4.42 Å². The zero-order valence-electron chi connectivity index (χ0n) is 31.2. The summed E-state index contributed by atoms with van der Waals surface area (Å²) in [5.41, 5.74) is 16.6. The highest BCUT2D eigenvalue weighted by Gasteiger charge is 2.39. The average molecular weight is 708 g/mol. The Morgan fingerprint density at radius 1 is 0.382 bits per heavy atom. The molecule has 262 valence electrons. The third-order valence-corrected chi connectivity index (χ3v) is 12.2. The van der Waals surface area contributed by atoms with Gasteiger partial charge in [0.05, 0.1) is 0 Å². The van der Waals surface area contributed by atoms with E-state index < -0.39 is 0 Å². The fraction of sp³-hybridized carbons (Fsp3) is 0.118. The smallest absolute Gasteiger partial charge is 0.164 e. The van der Waals surface area contributed by atoms with Crippen molar-refractivity contribution in [1.82, 2.24) is 15.0 Å². The molecule has 0 radical (unpaired) electrons. The third kappa shape index (κ3) is 4.55. The first kappa shape index (κ1) is 31.8. The highest BCUT2D eigenvalue weighted by Crippen LogP contribution is 2.53. The summed E-state index contributed by atoms with van der Waals surface area (Å²) in [4.78, 5) is 16.0. The Morgan fingerprint density at radius 3 is 1.49 bits per heavy atom. The molecule has 0 bridgehead atoms. The summed E-state index contributed by atoms with van der Waals surface area (Å²) in [7, 11) is 0. The van der Waals surface area contributed by atoms with Gasteiger partial charge in [-0.2, -0.15) is 0 Å². The predicted octanol–water partition coefficient (Wildman–Crippen LogP) is 13.1. The van der Waals surface area contributed by atoms with Gasteiger partial charge in [-0.3, -0.25) is 0 Å². The number of rotatable bonds is 4. The van der Waals surface area contributed by atoms with Gasteiger partial charge >= 0.3 is 0 Å². The van der Waals surface area contributed by atoms with Crippen LogP contribution in [-0.2, 0) is 10.8 Å². The molecule has 0 spiro atoms. The molecule has 55 heavy (non-hydrogen) atoms. The van der Waals surface area contributed by atoms with E-state index >= 15 is 0 Å². The van der Waals surface area contributed by atoms with Gasteiger partial charge in [0.25, 0.3) is 0 Å². The molecule has 2 aromatic heterocycles. The van der Waals surface area contributed by atoms with Crippen molar-refractivity contribution in [1.29, 1.82) is 0 Å². The molecule has 0 unspecified atom stereocenters. The highest BCUT2D eigenvalue weighted by atomic mass is 16.3. The molecule has 0 saturated carbocycles. The monoisotopic (exact) mass is 707 g/mol. The summed E-state index contributed by atoms with van der Waals surface area (Å²) in [5, 5.41) is 2.17. The van der Waals surface area contributed by atoms with Crippen LogP contribution in [-0.4, -0.2) is 15.0 Å². The van der Waals surface area contributed by atoms with Gasteiger partial charge in [0.15, 0.2) is 17.5 Å². The quantitative estimate of drug-likeness (QED) is 0.183. The van der Waals surface area contributed by atoms with E-state index in [9.17, 15) is 0 Å². The lowest BCUT2D eigenvalue weighted by molar-refractivity contribution is 0.660. The van der Waals surface area contributed by atoms with Gasteiger partial charge in [-0.25, -0.2) is 15.0 Å². The van der Waals surface area contributed by atoms with Gasteiger partial charge in [0.2, 0.25) is 0 Å². The maximum Gasteiger partial charge on any atom is 0.164 e. The lowest BCUT2D eigenvalue weighted by atomic mass is 9.82. The first-order valence-electron chi connectivity index (χ1n) is 19.0. The molecule has 4 nitrogen and oxygen atoms in total. The van der Waals surface area contributed by atoms with Crippen LogP contribution < -0.4 is 0 Å². The summed E-state index contributed by atoms with van der Waals surface area (Å²) < 4.78 is 6.58. The van der Waals surface area contributed by atoms with Crippen LogP contribution in [0.3, 0.4) is 0 Å². The van der Waals surface area contributed by atoms with E-state index in [1.807, 2.05) is 12.1 Å². The number of nitrogens with zero attached hydrogens (tertiary/aromatic N) is 3. The molecule has 0 N–H and O–H groups in total. The van der Waals surface area contributed by atoms with Crippen molar-refractivity contribution in [3.63, 3.8) is 0 Å². The van der Waals surface area contributed by atoms with Crippen LogP contribution in [0.1, 0.15) is 49.9 Å². The Labute approximate surface area is 320 Å². The van der Waals surface area contributed by atoms with Crippen molar-refractivity contribution in [2.45, 2.75) is 38.5 Å². The molecule has 4 heteroatoms. The van der Waals surface area contributed by atoms with Crippen LogP contribution in [0.5, 0.6) is 0 Å². The van der Waals surface area contributed by atoms with E-state index in [1.54, 1.807) is 0 Å². The van der Waals surface area contributed by atoms with Gasteiger partial charge in [-0.05, 0) is 73.8 Å². The highest BCUT2D eigenvalue weighted by molar-refractivity contribution is 6.13. The van der Waals surface area contributed by atoms with Gasteiger partial charge in [0, 0.05) is 38.3 Å². The molecule has 0 fully saturated rings. The third-order valence-electron chi connectivity index (χ3n) is 12.2. The van der Waals surface area contributed by atoms with Crippen LogP contribution >= 0.6 is 0 Å². The Bertz CT molecular complexity index is 2920. The van der Waals surface area contributed by atoms with Gasteiger partial charge in [-0.1, -0.05) is 161 Å². The van der Waals surface area contributed by atoms with Crippen molar-refractivity contribution >= 4 is 21.9 Å². The molecular formula is C51H37N3O. The molecule has 11 rings (SSSR count). The summed E-state index contributed by atoms with van der Waals surface area (Å²) in [6.07, 6.45) is 0. The summed E-state index contributed by atoms with van der Waals surface area (Å²) >= 11 is 0. The topological polar surface area (TPSA) is 51.8 Å². The maximum atomic E-state index is 6.58. The molecule has 0 atom stereocenters. The van der Waals surface area contributed by atoms with Crippen LogP contribution in [0.4, 0.5) is 0 Å². The van der Waals surface area contributed by atoms with E-state index in [4.69, 9.17) is 19.4 Å². The number of hydrogen-bond acceptors (Lipinski definition) is 4. The molecule has 0 aliphatic heterocycles. The van der Waals surface area contributed by atoms with Crippen LogP contribution in [0.25, 0.3) is 89.5 Å². The van der Waals surface area contributed by atoms with Crippen molar-refractivity contribution in [3.8, 4) is 67.5 Å². The second-order valence-electron chi connectivity index (χ2n) is 16.0. The Morgan fingerprint density at radius 2 is 0.873 bits per heavy atom. The molecule has 2 aliphatic carbocycles. The van der Waals surface area contributed by atoms with E-state index in [-0.39, 0.29) is 10.8 Å². The largest absolute Gasteiger partial charge is 0.456 e. The van der Waals surface area contributed by atoms with E-state index in [0.717, 1.165) is 49.8 Å². The first-order chi connectivity index (χ1) is 26.8. The van der Waals surface area contributed by atoms with Gasteiger partial charge in [-0.15, -0.1) is 0 Å². The average Bonchev–Trinajstić information content (AvgIpc) is 3.80. The Hall–Kier alpha value is -6.65. The standard InChI is InChI=1S/C51H37N3O/c1-50(2)38-22-10-8-17-33(38)44-36(20-12-24-40(44)50)48-52-47(53-49(54-48)37-21-13-25-41-45(37)34-18-9-11-23-39(34)51(41,3)4)31-27-28-35-43(29-31)55-42-26-14-19-32(46(35)42)30-15-6-5-7-16-30/h5-29H,1-4H3. The van der Waals surface area contributed by atoms with Crippen LogP contribution in [0.2, 0.25) is 0 Å². The number of benzene rings is 7. The Balaban J connectivity index is 1.16. The van der Waals surface area contributed by atoms with E-state index in [2.05, 4.69) is 167 Å². The zero-order chi connectivity index (χ0) is 37.1. The molecule has 0 saturated heterocycles. The maximum absolute atomic E-state index is 6.58. The Kier molecular flexibility index (Phi) is 6.61.